The lowest BCUT2D eigenvalue weighted by Crippen LogP contribution is -2.25. The molecule has 1 heterocycles. The summed E-state index contributed by atoms with van der Waals surface area (Å²) in [7, 11) is 0. The highest BCUT2D eigenvalue weighted by Crippen LogP contribution is 2.23. The van der Waals surface area contributed by atoms with Crippen molar-refractivity contribution in [3.63, 3.8) is 0 Å². The van der Waals surface area contributed by atoms with Crippen LogP contribution in [-0.4, -0.2) is 17.4 Å². The molecule has 2 aromatic rings. The largest absolute Gasteiger partial charge is 0.385 e. The lowest BCUT2D eigenvalue weighted by molar-refractivity contribution is -0.121. The number of amides is 1. The third-order valence-corrected chi connectivity index (χ3v) is 3.62. The second kappa shape index (κ2) is 7.77. The number of carbonyl (C=O) groups excluding carboxylic acids is 1. The van der Waals surface area contributed by atoms with Crippen molar-refractivity contribution in [1.29, 1.82) is 0 Å². The van der Waals surface area contributed by atoms with Gasteiger partial charge in [0, 0.05) is 24.8 Å². The van der Waals surface area contributed by atoms with Crippen molar-refractivity contribution in [3.8, 4) is 0 Å². The molecular formula is C19H25N3O. The van der Waals surface area contributed by atoms with Crippen molar-refractivity contribution in [2.75, 3.05) is 11.9 Å². The topological polar surface area (TPSA) is 54.0 Å². The van der Waals surface area contributed by atoms with Crippen molar-refractivity contribution < 1.29 is 4.79 Å². The van der Waals surface area contributed by atoms with Crippen LogP contribution >= 0.6 is 0 Å². The van der Waals surface area contributed by atoms with Crippen molar-refractivity contribution in [1.82, 2.24) is 10.3 Å². The molecule has 4 nitrogen and oxygen atoms in total. The van der Waals surface area contributed by atoms with E-state index in [1.807, 2.05) is 18.2 Å². The minimum Gasteiger partial charge on any atom is -0.385 e. The van der Waals surface area contributed by atoms with E-state index in [1.165, 1.54) is 5.56 Å². The second-order valence-electron chi connectivity index (χ2n) is 6.60. The first-order chi connectivity index (χ1) is 10.9. The maximum atomic E-state index is 11.8. The van der Waals surface area contributed by atoms with E-state index in [0.717, 1.165) is 11.4 Å². The Labute approximate surface area is 138 Å². The monoisotopic (exact) mass is 311 g/mol. The minimum absolute atomic E-state index is 0.0227. The number of carbonyl (C=O) groups is 1. The molecule has 0 aliphatic carbocycles. The summed E-state index contributed by atoms with van der Waals surface area (Å²) in [6, 6.07) is 14.1. The van der Waals surface area contributed by atoms with Gasteiger partial charge < -0.3 is 10.6 Å². The highest BCUT2D eigenvalue weighted by Gasteiger charge is 2.12. The molecule has 1 amide bonds. The average molecular weight is 311 g/mol. The molecule has 0 atom stereocenters. The quantitative estimate of drug-likeness (QED) is 0.858. The molecule has 0 bridgehead atoms. The van der Waals surface area contributed by atoms with Crippen LogP contribution in [0, 0.1) is 0 Å². The number of aromatic nitrogens is 1. The van der Waals surface area contributed by atoms with Crippen LogP contribution in [0.3, 0.4) is 0 Å². The fourth-order valence-corrected chi connectivity index (χ4v) is 2.19. The Morgan fingerprint density at radius 3 is 2.43 bits per heavy atom. The van der Waals surface area contributed by atoms with Gasteiger partial charge in [0.25, 0.3) is 0 Å². The first-order valence-electron chi connectivity index (χ1n) is 7.96. The first-order valence-corrected chi connectivity index (χ1v) is 7.96. The van der Waals surface area contributed by atoms with Gasteiger partial charge in [0.2, 0.25) is 5.91 Å². The molecule has 0 saturated heterocycles. The predicted octanol–water partition coefficient (Wildman–Crippen LogP) is 3.50. The fraction of sp³-hybridized carbons (Fsp3) is 0.368. The molecule has 0 radical (unpaired) electrons. The van der Waals surface area contributed by atoms with E-state index >= 15 is 0 Å². The fourth-order valence-electron chi connectivity index (χ4n) is 2.19. The highest BCUT2D eigenvalue weighted by atomic mass is 16.1. The van der Waals surface area contributed by atoms with Gasteiger partial charge >= 0.3 is 0 Å². The van der Waals surface area contributed by atoms with Gasteiger partial charge in [-0.15, -0.1) is 0 Å². The van der Waals surface area contributed by atoms with E-state index in [1.54, 1.807) is 6.20 Å². The molecule has 4 heteroatoms. The number of pyridine rings is 1. The van der Waals surface area contributed by atoms with Crippen LogP contribution in [0.15, 0.2) is 48.7 Å². The van der Waals surface area contributed by atoms with Crippen LogP contribution in [0.4, 0.5) is 5.69 Å². The number of rotatable bonds is 6. The molecule has 0 aliphatic rings. The summed E-state index contributed by atoms with van der Waals surface area (Å²) in [5.74, 6) is 0.0227. The third kappa shape index (κ3) is 5.74. The number of hydrogen-bond acceptors (Lipinski definition) is 3. The van der Waals surface area contributed by atoms with E-state index in [4.69, 9.17) is 0 Å². The molecule has 0 spiro atoms. The maximum Gasteiger partial charge on any atom is 0.222 e. The van der Waals surface area contributed by atoms with Gasteiger partial charge in [-0.3, -0.25) is 9.78 Å². The van der Waals surface area contributed by atoms with Gasteiger partial charge in [0.15, 0.2) is 0 Å². The molecule has 0 unspecified atom stereocenters. The lowest BCUT2D eigenvalue weighted by Gasteiger charge is -2.19. The van der Waals surface area contributed by atoms with Gasteiger partial charge in [0.05, 0.1) is 12.2 Å². The molecule has 1 aromatic heterocycles. The van der Waals surface area contributed by atoms with Crippen LogP contribution in [0.5, 0.6) is 0 Å². The molecular weight excluding hydrogens is 286 g/mol. The summed E-state index contributed by atoms with van der Waals surface area (Å²) < 4.78 is 0. The summed E-state index contributed by atoms with van der Waals surface area (Å²) in [4.78, 5) is 16.0. The van der Waals surface area contributed by atoms with Crippen LogP contribution < -0.4 is 10.6 Å². The summed E-state index contributed by atoms with van der Waals surface area (Å²) in [5, 5.41) is 6.15. The Kier molecular flexibility index (Phi) is 5.74. The smallest absolute Gasteiger partial charge is 0.222 e. The Morgan fingerprint density at radius 2 is 1.83 bits per heavy atom. The Morgan fingerprint density at radius 1 is 1.09 bits per heavy atom. The molecule has 1 aromatic carbocycles. The van der Waals surface area contributed by atoms with E-state index in [9.17, 15) is 4.79 Å². The van der Waals surface area contributed by atoms with Crippen molar-refractivity contribution in [2.24, 2.45) is 0 Å². The molecule has 0 aliphatic heterocycles. The standard InChI is InChI=1S/C19H25N3O/c1-19(2,3)15-7-9-16(10-8-15)21-13-11-18(23)22-14-17-6-4-5-12-20-17/h4-10,12,21H,11,13-14H2,1-3H3,(H,22,23). The lowest BCUT2D eigenvalue weighted by atomic mass is 9.87. The summed E-state index contributed by atoms with van der Waals surface area (Å²) in [5.41, 5.74) is 3.36. The third-order valence-electron chi connectivity index (χ3n) is 3.62. The van der Waals surface area contributed by atoms with Gasteiger partial charge in [-0.2, -0.15) is 0 Å². The first kappa shape index (κ1) is 17.0. The Bertz CT molecular complexity index is 615. The number of nitrogens with zero attached hydrogens (tertiary/aromatic N) is 1. The number of nitrogens with one attached hydrogen (secondary N) is 2. The van der Waals surface area contributed by atoms with Crippen molar-refractivity contribution in [3.05, 3.63) is 59.9 Å². The Balaban J connectivity index is 1.71. The van der Waals surface area contributed by atoms with Gasteiger partial charge in [-0.05, 0) is 35.2 Å². The van der Waals surface area contributed by atoms with Crippen LogP contribution in [-0.2, 0) is 16.8 Å². The number of benzene rings is 1. The second-order valence-corrected chi connectivity index (χ2v) is 6.60. The van der Waals surface area contributed by atoms with Crippen LogP contribution in [0.2, 0.25) is 0 Å². The summed E-state index contributed by atoms with van der Waals surface area (Å²) in [6.07, 6.45) is 2.16. The van der Waals surface area contributed by atoms with Gasteiger partial charge in [-0.1, -0.05) is 39.0 Å². The maximum absolute atomic E-state index is 11.8. The predicted molar refractivity (Wildman–Crippen MR) is 94.3 cm³/mol. The van der Waals surface area contributed by atoms with E-state index in [-0.39, 0.29) is 11.3 Å². The van der Waals surface area contributed by atoms with E-state index in [0.29, 0.717) is 19.5 Å². The molecule has 122 valence electrons. The molecule has 2 rings (SSSR count). The van der Waals surface area contributed by atoms with Crippen LogP contribution in [0.25, 0.3) is 0 Å². The summed E-state index contributed by atoms with van der Waals surface area (Å²) >= 11 is 0. The zero-order valence-corrected chi connectivity index (χ0v) is 14.1. The zero-order chi connectivity index (χ0) is 16.7. The van der Waals surface area contributed by atoms with E-state index < -0.39 is 0 Å². The summed E-state index contributed by atoms with van der Waals surface area (Å²) in [6.45, 7) is 7.67. The number of hydrogen-bond donors (Lipinski definition) is 2. The molecule has 2 N–H and O–H groups in total. The van der Waals surface area contributed by atoms with Crippen molar-refractivity contribution in [2.45, 2.75) is 39.2 Å². The molecule has 0 fully saturated rings. The minimum atomic E-state index is 0.0227. The SMILES string of the molecule is CC(C)(C)c1ccc(NCCC(=O)NCc2ccccn2)cc1. The van der Waals surface area contributed by atoms with Crippen molar-refractivity contribution >= 4 is 11.6 Å². The Hall–Kier alpha value is -2.36. The molecule has 23 heavy (non-hydrogen) atoms. The van der Waals surface area contributed by atoms with Gasteiger partial charge in [-0.25, -0.2) is 0 Å². The van der Waals surface area contributed by atoms with E-state index in [2.05, 4.69) is 60.7 Å². The van der Waals surface area contributed by atoms with Gasteiger partial charge in [0.1, 0.15) is 0 Å². The average Bonchev–Trinajstić information content (AvgIpc) is 2.53. The number of anilines is 1. The molecule has 0 saturated carbocycles. The normalized spacial score (nSPS) is 11.1. The van der Waals surface area contributed by atoms with Crippen LogP contribution in [0.1, 0.15) is 38.4 Å². The highest BCUT2D eigenvalue weighted by molar-refractivity contribution is 5.76. The zero-order valence-electron chi connectivity index (χ0n) is 14.1.